The van der Waals surface area contributed by atoms with Gasteiger partial charge in [-0.1, -0.05) is 26.2 Å². The van der Waals surface area contributed by atoms with Crippen LogP contribution in [0.1, 0.15) is 58.8 Å². The Morgan fingerprint density at radius 1 is 1.21 bits per heavy atom. The van der Waals surface area contributed by atoms with Crippen molar-refractivity contribution in [2.45, 2.75) is 70.9 Å². The third-order valence-electron chi connectivity index (χ3n) is 3.55. The van der Waals surface area contributed by atoms with E-state index in [1.807, 2.05) is 6.92 Å². The van der Waals surface area contributed by atoms with E-state index in [1.165, 1.54) is 0 Å². The summed E-state index contributed by atoms with van der Waals surface area (Å²) in [6, 6.07) is 0.392. The van der Waals surface area contributed by atoms with Gasteiger partial charge >= 0.3 is 6.03 Å². The fourth-order valence-corrected chi connectivity index (χ4v) is 2.28. The first-order valence-corrected chi connectivity index (χ1v) is 7.47. The Morgan fingerprint density at radius 2 is 2.00 bits per heavy atom. The lowest BCUT2D eigenvalue weighted by atomic mass is 10.0. The number of hydrogen-bond donors (Lipinski definition) is 3. The molecule has 0 spiro atoms. The number of rotatable bonds is 9. The molecular formula is C14H27N3O2. The molecule has 1 saturated heterocycles. The molecule has 1 heterocycles. The summed E-state index contributed by atoms with van der Waals surface area (Å²) in [6.45, 7) is 4.93. The molecule has 2 unspecified atom stereocenters. The summed E-state index contributed by atoms with van der Waals surface area (Å²) in [5, 5.41) is 8.67. The number of unbranched alkanes of at least 4 members (excludes halogenated alkanes) is 3. The van der Waals surface area contributed by atoms with Crippen molar-refractivity contribution in [1.29, 1.82) is 0 Å². The van der Waals surface area contributed by atoms with Gasteiger partial charge in [-0.3, -0.25) is 4.79 Å². The molecule has 3 N–H and O–H groups in total. The summed E-state index contributed by atoms with van der Waals surface area (Å²) < 4.78 is 0. The molecule has 0 bridgehead atoms. The van der Waals surface area contributed by atoms with E-state index in [0.717, 1.165) is 45.1 Å². The van der Waals surface area contributed by atoms with Gasteiger partial charge in [0.1, 0.15) is 0 Å². The summed E-state index contributed by atoms with van der Waals surface area (Å²) in [5.41, 5.74) is 0. The maximum absolute atomic E-state index is 11.5. The molecule has 0 radical (unpaired) electrons. The molecule has 1 fully saturated rings. The van der Waals surface area contributed by atoms with Crippen LogP contribution in [0.15, 0.2) is 0 Å². The highest BCUT2D eigenvalue weighted by molar-refractivity contribution is 5.77. The number of nitrogens with one attached hydrogen (secondary N) is 3. The van der Waals surface area contributed by atoms with E-state index in [2.05, 4.69) is 22.9 Å². The zero-order chi connectivity index (χ0) is 14.1. The lowest BCUT2D eigenvalue weighted by Crippen LogP contribution is -2.30. The lowest BCUT2D eigenvalue weighted by molar-refractivity contribution is -0.121. The van der Waals surface area contributed by atoms with Crippen molar-refractivity contribution >= 4 is 11.9 Å². The maximum Gasteiger partial charge on any atom is 0.315 e. The van der Waals surface area contributed by atoms with E-state index >= 15 is 0 Å². The van der Waals surface area contributed by atoms with E-state index in [1.54, 1.807) is 0 Å². The molecule has 110 valence electrons. The second-order valence-corrected chi connectivity index (χ2v) is 5.32. The Bertz CT molecular complexity index is 294. The Morgan fingerprint density at radius 3 is 2.63 bits per heavy atom. The first-order chi connectivity index (χ1) is 9.13. The average molecular weight is 269 g/mol. The summed E-state index contributed by atoms with van der Waals surface area (Å²) in [6.07, 6.45) is 6.80. The third kappa shape index (κ3) is 6.45. The Hall–Kier alpha value is -1.26. The van der Waals surface area contributed by atoms with Gasteiger partial charge in [-0.25, -0.2) is 4.79 Å². The fraction of sp³-hybridized carbons (Fsp3) is 0.857. The topological polar surface area (TPSA) is 70.2 Å². The van der Waals surface area contributed by atoms with Crippen molar-refractivity contribution in [2.24, 2.45) is 0 Å². The minimum atomic E-state index is -0.0622. The molecule has 1 aliphatic heterocycles. The van der Waals surface area contributed by atoms with E-state index < -0.39 is 0 Å². The highest BCUT2D eigenvalue weighted by atomic mass is 16.2. The van der Waals surface area contributed by atoms with Crippen LogP contribution >= 0.6 is 0 Å². The van der Waals surface area contributed by atoms with Gasteiger partial charge in [0.15, 0.2) is 0 Å². The maximum atomic E-state index is 11.5. The average Bonchev–Trinajstić information content (AvgIpc) is 2.68. The summed E-state index contributed by atoms with van der Waals surface area (Å²) in [7, 11) is 0. The van der Waals surface area contributed by atoms with Crippen molar-refractivity contribution in [3.05, 3.63) is 0 Å². The predicted molar refractivity (Wildman–Crippen MR) is 75.9 cm³/mol. The molecule has 2 atom stereocenters. The first-order valence-electron chi connectivity index (χ1n) is 7.47. The molecule has 0 aromatic heterocycles. The number of urea groups is 1. The fourth-order valence-electron chi connectivity index (χ4n) is 2.28. The molecule has 1 rings (SSSR count). The van der Waals surface area contributed by atoms with Crippen LogP contribution in [-0.4, -0.2) is 30.6 Å². The normalized spacial score (nSPS) is 21.9. The first kappa shape index (κ1) is 15.8. The van der Waals surface area contributed by atoms with Crippen LogP contribution in [0.5, 0.6) is 0 Å². The van der Waals surface area contributed by atoms with E-state index in [0.29, 0.717) is 6.42 Å². The van der Waals surface area contributed by atoms with Gasteiger partial charge in [-0.15, -0.1) is 0 Å². The number of carbonyl (C=O) groups is 2. The smallest absolute Gasteiger partial charge is 0.315 e. The SMILES string of the molecule is CCCCNC(=O)CCCCCC1NC(=O)NC1C. The molecule has 19 heavy (non-hydrogen) atoms. The van der Waals surface area contributed by atoms with Crippen LogP contribution in [0.3, 0.4) is 0 Å². The van der Waals surface area contributed by atoms with Crippen molar-refractivity contribution < 1.29 is 9.59 Å². The molecule has 1 aliphatic rings. The third-order valence-corrected chi connectivity index (χ3v) is 3.55. The Labute approximate surface area is 115 Å². The summed E-state index contributed by atoms with van der Waals surface area (Å²) in [5.74, 6) is 0.164. The minimum Gasteiger partial charge on any atom is -0.356 e. The Balaban J connectivity index is 1.96. The predicted octanol–water partition coefficient (Wildman–Crippen LogP) is 1.92. The van der Waals surface area contributed by atoms with Crippen molar-refractivity contribution in [3.63, 3.8) is 0 Å². The van der Waals surface area contributed by atoms with Crippen LogP contribution in [0.4, 0.5) is 4.79 Å². The van der Waals surface area contributed by atoms with Gasteiger partial charge in [0, 0.05) is 19.0 Å². The zero-order valence-corrected chi connectivity index (χ0v) is 12.1. The molecule has 5 heteroatoms. The van der Waals surface area contributed by atoms with Crippen LogP contribution < -0.4 is 16.0 Å². The van der Waals surface area contributed by atoms with E-state index in [-0.39, 0.29) is 24.0 Å². The molecule has 0 saturated carbocycles. The quantitative estimate of drug-likeness (QED) is 0.560. The van der Waals surface area contributed by atoms with E-state index in [4.69, 9.17) is 0 Å². The van der Waals surface area contributed by atoms with Crippen molar-refractivity contribution in [3.8, 4) is 0 Å². The Kier molecular flexibility index (Phi) is 7.30. The molecule has 0 aromatic rings. The van der Waals surface area contributed by atoms with Gasteiger partial charge in [0.2, 0.25) is 5.91 Å². The van der Waals surface area contributed by atoms with Crippen molar-refractivity contribution in [2.75, 3.05) is 6.54 Å². The second kappa shape index (κ2) is 8.77. The number of hydrogen-bond acceptors (Lipinski definition) is 2. The second-order valence-electron chi connectivity index (χ2n) is 5.32. The minimum absolute atomic E-state index is 0.0622. The lowest BCUT2D eigenvalue weighted by Gasteiger charge is -2.13. The summed E-state index contributed by atoms with van der Waals surface area (Å²) >= 11 is 0. The van der Waals surface area contributed by atoms with Gasteiger partial charge in [0.25, 0.3) is 0 Å². The van der Waals surface area contributed by atoms with Gasteiger partial charge in [-0.2, -0.15) is 0 Å². The zero-order valence-electron chi connectivity index (χ0n) is 12.1. The number of amides is 3. The standard InChI is InChI=1S/C14H27N3O2/c1-3-4-10-15-13(18)9-7-5-6-8-12-11(2)16-14(19)17-12/h11-12H,3-10H2,1-2H3,(H,15,18)(H2,16,17,19). The highest BCUT2D eigenvalue weighted by Gasteiger charge is 2.26. The van der Waals surface area contributed by atoms with Gasteiger partial charge in [-0.05, 0) is 26.2 Å². The van der Waals surface area contributed by atoms with Crippen molar-refractivity contribution in [1.82, 2.24) is 16.0 Å². The molecule has 3 amide bonds. The van der Waals surface area contributed by atoms with Crippen LogP contribution in [-0.2, 0) is 4.79 Å². The molecule has 5 nitrogen and oxygen atoms in total. The van der Waals surface area contributed by atoms with Crippen LogP contribution in [0.2, 0.25) is 0 Å². The summed E-state index contributed by atoms with van der Waals surface area (Å²) in [4.78, 5) is 22.5. The molecular weight excluding hydrogens is 242 g/mol. The molecule has 0 aliphatic carbocycles. The monoisotopic (exact) mass is 269 g/mol. The highest BCUT2D eigenvalue weighted by Crippen LogP contribution is 2.11. The number of carbonyl (C=O) groups excluding carboxylic acids is 2. The van der Waals surface area contributed by atoms with Gasteiger partial charge < -0.3 is 16.0 Å². The van der Waals surface area contributed by atoms with Crippen LogP contribution in [0, 0.1) is 0 Å². The van der Waals surface area contributed by atoms with E-state index in [9.17, 15) is 9.59 Å². The molecule has 0 aromatic carbocycles. The van der Waals surface area contributed by atoms with Gasteiger partial charge in [0.05, 0.1) is 6.04 Å². The largest absolute Gasteiger partial charge is 0.356 e. The van der Waals surface area contributed by atoms with Crippen LogP contribution in [0.25, 0.3) is 0 Å².